The summed E-state index contributed by atoms with van der Waals surface area (Å²) in [6, 6.07) is 10.1. The maximum atomic E-state index is 11.8. The summed E-state index contributed by atoms with van der Waals surface area (Å²) >= 11 is 0. The SMILES string of the molecule is C=C(Cc1ccccc1)C[C@H](C(C)=O)[C@H](O)CCCCC. The molecule has 0 unspecified atom stereocenters. The Morgan fingerprint density at radius 2 is 1.90 bits per heavy atom. The molecule has 0 amide bonds. The van der Waals surface area contributed by atoms with Gasteiger partial charge in [-0.05, 0) is 31.7 Å². The van der Waals surface area contributed by atoms with Crippen LogP contribution in [0.3, 0.4) is 0 Å². The van der Waals surface area contributed by atoms with Crippen molar-refractivity contribution >= 4 is 5.78 Å². The van der Waals surface area contributed by atoms with Crippen molar-refractivity contribution < 1.29 is 9.90 Å². The number of carbonyl (C=O) groups excluding carboxylic acids is 1. The fraction of sp³-hybridized carbons (Fsp3) is 0.526. The third kappa shape index (κ3) is 6.72. The molecule has 0 aliphatic carbocycles. The van der Waals surface area contributed by atoms with E-state index in [1.54, 1.807) is 6.92 Å². The maximum Gasteiger partial charge on any atom is 0.135 e. The molecule has 1 rings (SSSR count). The van der Waals surface area contributed by atoms with Crippen LogP contribution in [0.15, 0.2) is 42.5 Å². The van der Waals surface area contributed by atoms with Crippen LogP contribution in [0, 0.1) is 5.92 Å². The Labute approximate surface area is 128 Å². The van der Waals surface area contributed by atoms with Gasteiger partial charge >= 0.3 is 0 Å². The van der Waals surface area contributed by atoms with E-state index in [9.17, 15) is 9.90 Å². The van der Waals surface area contributed by atoms with Crippen LogP contribution in [-0.2, 0) is 11.2 Å². The first-order chi connectivity index (χ1) is 10.0. The number of carbonyl (C=O) groups is 1. The van der Waals surface area contributed by atoms with Gasteiger partial charge in [0, 0.05) is 5.92 Å². The number of ketones is 1. The van der Waals surface area contributed by atoms with Crippen LogP contribution in [0.1, 0.15) is 51.5 Å². The quantitative estimate of drug-likeness (QED) is 0.514. The molecule has 0 spiro atoms. The lowest BCUT2D eigenvalue weighted by molar-refractivity contribution is -0.124. The second-order valence-corrected chi connectivity index (χ2v) is 5.90. The van der Waals surface area contributed by atoms with Crippen LogP contribution in [0.2, 0.25) is 0 Å². The number of aliphatic hydroxyl groups excluding tert-OH is 1. The number of aliphatic hydroxyl groups is 1. The minimum atomic E-state index is -0.540. The Morgan fingerprint density at radius 1 is 1.24 bits per heavy atom. The van der Waals surface area contributed by atoms with Gasteiger partial charge in [-0.2, -0.15) is 0 Å². The summed E-state index contributed by atoms with van der Waals surface area (Å²) in [5.41, 5.74) is 2.21. The second-order valence-electron chi connectivity index (χ2n) is 5.90. The molecule has 0 saturated heterocycles. The van der Waals surface area contributed by atoms with Crippen molar-refractivity contribution in [1.29, 1.82) is 0 Å². The van der Waals surface area contributed by atoms with Crippen molar-refractivity contribution in [1.82, 2.24) is 0 Å². The fourth-order valence-corrected chi connectivity index (χ4v) is 2.62. The Morgan fingerprint density at radius 3 is 2.48 bits per heavy atom. The number of hydrogen-bond donors (Lipinski definition) is 1. The summed E-state index contributed by atoms with van der Waals surface area (Å²) in [4.78, 5) is 11.8. The Bertz CT molecular complexity index is 436. The van der Waals surface area contributed by atoms with Gasteiger partial charge in [0.2, 0.25) is 0 Å². The lowest BCUT2D eigenvalue weighted by Crippen LogP contribution is -2.27. The summed E-state index contributed by atoms with van der Waals surface area (Å²) in [7, 11) is 0. The van der Waals surface area contributed by atoms with Gasteiger partial charge in [-0.3, -0.25) is 4.79 Å². The van der Waals surface area contributed by atoms with Gasteiger partial charge in [-0.15, -0.1) is 0 Å². The normalized spacial score (nSPS) is 13.7. The van der Waals surface area contributed by atoms with Gasteiger partial charge in [0.25, 0.3) is 0 Å². The molecule has 1 aromatic rings. The molecule has 0 radical (unpaired) electrons. The zero-order chi connectivity index (χ0) is 15.7. The molecule has 0 fully saturated rings. The lowest BCUT2D eigenvalue weighted by Gasteiger charge is -2.21. The first kappa shape index (κ1) is 17.6. The van der Waals surface area contributed by atoms with E-state index in [4.69, 9.17) is 0 Å². The highest BCUT2D eigenvalue weighted by molar-refractivity contribution is 5.79. The van der Waals surface area contributed by atoms with Gasteiger partial charge in [-0.25, -0.2) is 0 Å². The van der Waals surface area contributed by atoms with Gasteiger partial charge in [0.05, 0.1) is 6.10 Å². The predicted molar refractivity (Wildman–Crippen MR) is 88.2 cm³/mol. The van der Waals surface area contributed by atoms with E-state index in [1.165, 1.54) is 5.56 Å². The van der Waals surface area contributed by atoms with Crippen LogP contribution >= 0.6 is 0 Å². The molecule has 2 heteroatoms. The van der Waals surface area contributed by atoms with Crippen LogP contribution in [0.25, 0.3) is 0 Å². The van der Waals surface area contributed by atoms with E-state index < -0.39 is 6.10 Å². The average molecular weight is 288 g/mol. The van der Waals surface area contributed by atoms with Gasteiger partial charge in [0.15, 0.2) is 0 Å². The second kappa shape index (κ2) is 9.51. The molecule has 116 valence electrons. The van der Waals surface area contributed by atoms with Crippen LogP contribution < -0.4 is 0 Å². The molecule has 2 nitrogen and oxygen atoms in total. The van der Waals surface area contributed by atoms with E-state index >= 15 is 0 Å². The molecule has 21 heavy (non-hydrogen) atoms. The van der Waals surface area contributed by atoms with Crippen molar-refractivity contribution in [2.45, 2.75) is 58.5 Å². The summed E-state index contributed by atoms with van der Waals surface area (Å²) in [6.45, 7) is 7.80. The van der Waals surface area contributed by atoms with Gasteiger partial charge < -0.3 is 5.11 Å². The first-order valence-electron chi connectivity index (χ1n) is 7.93. The molecule has 0 aliphatic rings. The molecular formula is C19H28O2. The average Bonchev–Trinajstić information content (AvgIpc) is 2.45. The van der Waals surface area contributed by atoms with Gasteiger partial charge in [0.1, 0.15) is 5.78 Å². The summed E-state index contributed by atoms with van der Waals surface area (Å²) < 4.78 is 0. The fourth-order valence-electron chi connectivity index (χ4n) is 2.62. The molecule has 0 heterocycles. The minimum Gasteiger partial charge on any atom is -0.392 e. The van der Waals surface area contributed by atoms with E-state index in [0.29, 0.717) is 12.8 Å². The molecule has 0 saturated carbocycles. The zero-order valence-electron chi connectivity index (χ0n) is 13.3. The topological polar surface area (TPSA) is 37.3 Å². The van der Waals surface area contributed by atoms with Crippen molar-refractivity contribution in [2.24, 2.45) is 5.92 Å². The maximum absolute atomic E-state index is 11.8. The summed E-state index contributed by atoms with van der Waals surface area (Å²) in [6.07, 6.45) is 4.72. The third-order valence-corrected chi connectivity index (χ3v) is 3.90. The molecule has 0 aromatic heterocycles. The molecule has 1 aromatic carbocycles. The molecule has 2 atom stereocenters. The highest BCUT2D eigenvalue weighted by atomic mass is 16.3. The van der Waals surface area contributed by atoms with Crippen molar-refractivity contribution in [3.63, 3.8) is 0 Å². The smallest absolute Gasteiger partial charge is 0.135 e. The largest absolute Gasteiger partial charge is 0.392 e. The summed E-state index contributed by atoms with van der Waals surface area (Å²) in [5, 5.41) is 10.3. The monoisotopic (exact) mass is 288 g/mol. The van der Waals surface area contributed by atoms with Crippen molar-refractivity contribution in [3.05, 3.63) is 48.0 Å². The number of benzene rings is 1. The Kier molecular flexibility index (Phi) is 7.99. The van der Waals surface area contributed by atoms with E-state index in [0.717, 1.165) is 31.3 Å². The molecule has 1 N–H and O–H groups in total. The number of allylic oxidation sites excluding steroid dienone is 1. The number of hydrogen-bond acceptors (Lipinski definition) is 2. The number of rotatable bonds is 10. The lowest BCUT2D eigenvalue weighted by atomic mass is 9.87. The number of Topliss-reactive ketones (excluding diaryl/α,β-unsaturated/α-hetero) is 1. The van der Waals surface area contributed by atoms with E-state index in [1.807, 2.05) is 18.2 Å². The van der Waals surface area contributed by atoms with Crippen LogP contribution in [-0.4, -0.2) is 17.0 Å². The van der Waals surface area contributed by atoms with E-state index in [-0.39, 0.29) is 11.7 Å². The number of unbranched alkanes of at least 4 members (excludes halogenated alkanes) is 2. The van der Waals surface area contributed by atoms with E-state index in [2.05, 4.69) is 25.6 Å². The standard InChI is InChI=1S/C19H28O2/c1-4-5-7-12-19(21)18(16(3)20)14-15(2)13-17-10-8-6-9-11-17/h6,8-11,18-19,21H,2,4-5,7,12-14H2,1,3H3/t18-,19-/m1/s1. The zero-order valence-corrected chi connectivity index (χ0v) is 13.3. The Hall–Kier alpha value is -1.41. The first-order valence-corrected chi connectivity index (χ1v) is 7.93. The molecule has 0 bridgehead atoms. The van der Waals surface area contributed by atoms with Crippen molar-refractivity contribution in [2.75, 3.05) is 0 Å². The third-order valence-electron chi connectivity index (χ3n) is 3.90. The highest BCUT2D eigenvalue weighted by Crippen LogP contribution is 2.22. The minimum absolute atomic E-state index is 0.0632. The summed E-state index contributed by atoms with van der Waals surface area (Å²) in [5.74, 6) is -0.244. The van der Waals surface area contributed by atoms with Crippen LogP contribution in [0.5, 0.6) is 0 Å². The molecule has 0 aliphatic heterocycles. The van der Waals surface area contributed by atoms with Gasteiger partial charge in [-0.1, -0.05) is 68.7 Å². The van der Waals surface area contributed by atoms with Crippen LogP contribution in [0.4, 0.5) is 0 Å². The predicted octanol–water partition coefficient (Wildman–Crippen LogP) is 4.32. The highest BCUT2D eigenvalue weighted by Gasteiger charge is 2.24. The molecular weight excluding hydrogens is 260 g/mol. The van der Waals surface area contributed by atoms with Crippen molar-refractivity contribution in [3.8, 4) is 0 Å². The Balaban J connectivity index is 2.53.